The van der Waals surface area contributed by atoms with Crippen LogP contribution in [0.3, 0.4) is 0 Å². The fourth-order valence-electron chi connectivity index (χ4n) is 2.15. The Morgan fingerprint density at radius 3 is 2.86 bits per heavy atom. The topological polar surface area (TPSA) is 76.5 Å². The van der Waals surface area contributed by atoms with E-state index in [0.717, 1.165) is 17.0 Å². The molecule has 2 aromatic rings. The minimum absolute atomic E-state index is 0.427. The number of benzene rings is 1. The van der Waals surface area contributed by atoms with Crippen LogP contribution in [0.5, 0.6) is 11.5 Å². The Bertz CT molecular complexity index is 592. The summed E-state index contributed by atoms with van der Waals surface area (Å²) in [6.07, 6.45) is 1.02. The molecule has 1 aromatic heterocycles. The third kappa shape index (κ3) is 3.48. The lowest BCUT2D eigenvalue weighted by Gasteiger charge is -2.20. The Kier molecular flexibility index (Phi) is 4.28. The lowest BCUT2D eigenvalue weighted by atomic mass is 10.1. The van der Waals surface area contributed by atoms with Crippen molar-refractivity contribution in [2.24, 2.45) is 0 Å². The molecule has 110 valence electrons. The van der Waals surface area contributed by atoms with E-state index in [-0.39, 0.29) is 0 Å². The van der Waals surface area contributed by atoms with E-state index >= 15 is 0 Å². The molecule has 1 atom stereocenters. The molecule has 1 aromatic carbocycles. The van der Waals surface area contributed by atoms with Crippen molar-refractivity contribution in [2.45, 2.75) is 12.6 Å². The zero-order valence-electron chi connectivity index (χ0n) is 11.5. The van der Waals surface area contributed by atoms with Crippen LogP contribution in [-0.2, 0) is 6.54 Å². The quantitative estimate of drug-likeness (QED) is 0.856. The molecule has 1 aliphatic heterocycles. The third-order valence-electron chi connectivity index (χ3n) is 3.22. The molecule has 2 heterocycles. The molecular weight excluding hydrogens is 270 g/mol. The Labute approximate surface area is 122 Å². The summed E-state index contributed by atoms with van der Waals surface area (Å²) < 4.78 is 11.0. The van der Waals surface area contributed by atoms with Crippen LogP contribution in [0.4, 0.5) is 0 Å². The summed E-state index contributed by atoms with van der Waals surface area (Å²) in [6.45, 7) is 2.09. The molecule has 1 unspecified atom stereocenters. The highest BCUT2D eigenvalue weighted by molar-refractivity contribution is 5.44. The second-order valence-corrected chi connectivity index (χ2v) is 4.76. The number of aromatic nitrogens is 2. The van der Waals surface area contributed by atoms with Gasteiger partial charge in [0.05, 0.1) is 11.8 Å². The molecule has 0 spiro atoms. The van der Waals surface area contributed by atoms with Gasteiger partial charge < -0.3 is 19.9 Å². The van der Waals surface area contributed by atoms with Crippen molar-refractivity contribution >= 4 is 0 Å². The maximum absolute atomic E-state index is 10.2. The van der Waals surface area contributed by atoms with Crippen molar-refractivity contribution in [3.63, 3.8) is 0 Å². The zero-order chi connectivity index (χ0) is 14.5. The molecule has 0 aliphatic carbocycles. The maximum atomic E-state index is 10.2. The monoisotopic (exact) mass is 287 g/mol. The molecule has 0 saturated heterocycles. The molecule has 3 rings (SSSR count). The number of nitrogens with zero attached hydrogens (tertiary/aromatic N) is 2. The van der Waals surface area contributed by atoms with Crippen LogP contribution < -0.4 is 14.8 Å². The van der Waals surface area contributed by atoms with Gasteiger partial charge in [-0.1, -0.05) is 6.07 Å². The minimum Gasteiger partial charge on any atom is -0.486 e. The van der Waals surface area contributed by atoms with E-state index in [9.17, 15) is 5.11 Å². The number of aliphatic hydroxyl groups excluding tert-OH is 1. The SMILES string of the molecule is OC(CNCc1cccnn1)c1ccc2c(c1)OCCO2. The fourth-order valence-corrected chi connectivity index (χ4v) is 2.15. The van der Waals surface area contributed by atoms with Crippen molar-refractivity contribution < 1.29 is 14.6 Å². The van der Waals surface area contributed by atoms with Crippen molar-refractivity contribution in [1.29, 1.82) is 0 Å². The predicted octanol–water partition coefficient (Wildman–Crippen LogP) is 1.07. The van der Waals surface area contributed by atoms with Gasteiger partial charge >= 0.3 is 0 Å². The first-order valence-electron chi connectivity index (χ1n) is 6.88. The first-order valence-corrected chi connectivity index (χ1v) is 6.88. The molecule has 21 heavy (non-hydrogen) atoms. The normalized spacial score (nSPS) is 14.7. The van der Waals surface area contributed by atoms with Crippen LogP contribution in [0.2, 0.25) is 0 Å². The Hall–Kier alpha value is -2.18. The number of hydrogen-bond acceptors (Lipinski definition) is 6. The Morgan fingerprint density at radius 1 is 1.19 bits per heavy atom. The zero-order valence-corrected chi connectivity index (χ0v) is 11.5. The van der Waals surface area contributed by atoms with Crippen LogP contribution in [0, 0.1) is 0 Å². The second kappa shape index (κ2) is 6.51. The average Bonchev–Trinajstić information content (AvgIpc) is 2.55. The molecule has 2 N–H and O–H groups in total. The summed E-state index contributed by atoms with van der Waals surface area (Å²) in [6, 6.07) is 9.22. The maximum Gasteiger partial charge on any atom is 0.161 e. The van der Waals surface area contributed by atoms with Gasteiger partial charge in [0, 0.05) is 19.3 Å². The third-order valence-corrected chi connectivity index (χ3v) is 3.22. The predicted molar refractivity (Wildman–Crippen MR) is 76.1 cm³/mol. The number of fused-ring (bicyclic) bond motifs is 1. The lowest BCUT2D eigenvalue weighted by molar-refractivity contribution is 0.163. The van der Waals surface area contributed by atoms with E-state index in [1.807, 2.05) is 30.3 Å². The molecule has 0 radical (unpaired) electrons. The highest BCUT2D eigenvalue weighted by atomic mass is 16.6. The molecule has 6 heteroatoms. The van der Waals surface area contributed by atoms with Crippen LogP contribution in [0.15, 0.2) is 36.5 Å². The summed E-state index contributed by atoms with van der Waals surface area (Å²) in [4.78, 5) is 0. The van der Waals surface area contributed by atoms with Gasteiger partial charge in [0.2, 0.25) is 0 Å². The minimum atomic E-state index is -0.613. The molecule has 0 saturated carbocycles. The smallest absolute Gasteiger partial charge is 0.161 e. The number of ether oxygens (including phenoxy) is 2. The number of rotatable bonds is 5. The second-order valence-electron chi connectivity index (χ2n) is 4.76. The van der Waals surface area contributed by atoms with E-state index in [1.165, 1.54) is 0 Å². The van der Waals surface area contributed by atoms with Crippen molar-refractivity contribution in [1.82, 2.24) is 15.5 Å². The Balaban J connectivity index is 1.56. The lowest BCUT2D eigenvalue weighted by Crippen LogP contribution is -2.22. The van der Waals surface area contributed by atoms with Gasteiger partial charge in [0.1, 0.15) is 13.2 Å². The first kappa shape index (κ1) is 13.8. The van der Waals surface area contributed by atoms with Crippen molar-refractivity contribution in [2.75, 3.05) is 19.8 Å². The van der Waals surface area contributed by atoms with Gasteiger partial charge in [-0.25, -0.2) is 0 Å². The molecule has 0 bridgehead atoms. The highest BCUT2D eigenvalue weighted by Crippen LogP contribution is 2.32. The van der Waals surface area contributed by atoms with E-state index in [2.05, 4.69) is 15.5 Å². The summed E-state index contributed by atoms with van der Waals surface area (Å²) >= 11 is 0. The van der Waals surface area contributed by atoms with Gasteiger partial charge in [-0.15, -0.1) is 0 Å². The van der Waals surface area contributed by atoms with E-state index < -0.39 is 6.10 Å². The number of aliphatic hydroxyl groups is 1. The van der Waals surface area contributed by atoms with E-state index in [0.29, 0.717) is 32.1 Å². The van der Waals surface area contributed by atoms with Crippen LogP contribution in [-0.4, -0.2) is 35.1 Å². The van der Waals surface area contributed by atoms with Gasteiger partial charge in [0.15, 0.2) is 11.5 Å². The van der Waals surface area contributed by atoms with Gasteiger partial charge in [-0.05, 0) is 29.8 Å². The van der Waals surface area contributed by atoms with Crippen LogP contribution >= 0.6 is 0 Å². The summed E-state index contributed by atoms with van der Waals surface area (Å²) in [5.41, 5.74) is 1.64. The largest absolute Gasteiger partial charge is 0.486 e. The van der Waals surface area contributed by atoms with E-state index in [4.69, 9.17) is 9.47 Å². The van der Waals surface area contributed by atoms with Crippen LogP contribution in [0.25, 0.3) is 0 Å². The fraction of sp³-hybridized carbons (Fsp3) is 0.333. The molecule has 0 fully saturated rings. The standard InChI is InChI=1S/C15H17N3O3/c19-13(10-16-9-12-2-1-5-17-18-12)11-3-4-14-15(8-11)21-7-6-20-14/h1-5,8,13,16,19H,6-7,9-10H2. The molecule has 6 nitrogen and oxygen atoms in total. The highest BCUT2D eigenvalue weighted by Gasteiger charge is 2.15. The summed E-state index contributed by atoms with van der Waals surface area (Å²) in [5, 5.41) is 21.1. The molecule has 1 aliphatic rings. The Morgan fingerprint density at radius 2 is 2.05 bits per heavy atom. The summed E-state index contributed by atoms with van der Waals surface area (Å²) in [7, 11) is 0. The molecular formula is C15H17N3O3. The number of nitrogens with one attached hydrogen (secondary N) is 1. The number of hydrogen-bond donors (Lipinski definition) is 2. The average molecular weight is 287 g/mol. The van der Waals surface area contributed by atoms with Gasteiger partial charge in [-0.2, -0.15) is 10.2 Å². The van der Waals surface area contributed by atoms with Crippen molar-refractivity contribution in [3.8, 4) is 11.5 Å². The first-order chi connectivity index (χ1) is 10.3. The van der Waals surface area contributed by atoms with Crippen LogP contribution in [0.1, 0.15) is 17.4 Å². The van der Waals surface area contributed by atoms with Gasteiger partial charge in [0.25, 0.3) is 0 Å². The summed E-state index contributed by atoms with van der Waals surface area (Å²) in [5.74, 6) is 1.41. The van der Waals surface area contributed by atoms with Crippen molar-refractivity contribution in [3.05, 3.63) is 47.8 Å². The van der Waals surface area contributed by atoms with E-state index in [1.54, 1.807) is 6.20 Å². The van der Waals surface area contributed by atoms with Gasteiger partial charge in [-0.3, -0.25) is 0 Å². The molecule has 0 amide bonds.